The highest BCUT2D eigenvalue weighted by Gasteiger charge is 2.03. The minimum absolute atomic E-state index is 0.752. The largest absolute Gasteiger partial charge is 0.290 e. The summed E-state index contributed by atoms with van der Waals surface area (Å²) in [5.41, 5.74) is 6.52. The van der Waals surface area contributed by atoms with Gasteiger partial charge in [0.05, 0.1) is 6.54 Å². The Bertz CT molecular complexity index is 1290. The molecule has 0 heterocycles. The van der Waals surface area contributed by atoms with Crippen LogP contribution in [0.4, 0.5) is 0 Å². The van der Waals surface area contributed by atoms with Crippen LogP contribution in [-0.4, -0.2) is 15.5 Å². The van der Waals surface area contributed by atoms with Gasteiger partial charge >= 0.3 is 0 Å². The second-order valence-electron chi connectivity index (χ2n) is 9.24. The smallest absolute Gasteiger partial charge is 0.0649 e. The molecule has 0 aliphatic heterocycles. The van der Waals surface area contributed by atoms with Crippen LogP contribution in [0, 0.1) is 0 Å². The molecule has 0 unspecified atom stereocenters. The Morgan fingerprint density at radius 1 is 0.600 bits per heavy atom. The van der Waals surface area contributed by atoms with Gasteiger partial charge in [-0.2, -0.15) is 0 Å². The second kappa shape index (κ2) is 21.1. The number of rotatable bonds is 11. The summed E-state index contributed by atoms with van der Waals surface area (Å²) in [6.07, 6.45) is 6.15. The summed E-state index contributed by atoms with van der Waals surface area (Å²) < 4.78 is 2.32. The fraction of sp³-hybridized carbons (Fsp3) is 0.257. The number of hydrogen-bond acceptors (Lipinski definition) is 2. The maximum absolute atomic E-state index is 5.48. The lowest BCUT2D eigenvalue weighted by Crippen LogP contribution is -2.00. The lowest BCUT2D eigenvalue weighted by Gasteiger charge is -2.06. The highest BCUT2D eigenvalue weighted by Crippen LogP contribution is 2.19. The molecule has 1 nitrogen and oxygen atoms in total. The quantitative estimate of drug-likeness (QED) is 0.0638. The van der Waals surface area contributed by atoms with Gasteiger partial charge in [-0.3, -0.25) is 4.99 Å². The Morgan fingerprint density at radius 2 is 1.02 bits per heavy atom. The molecule has 0 N–H and O–H groups in total. The Kier molecular flexibility index (Phi) is 18.2. The van der Waals surface area contributed by atoms with E-state index in [0.29, 0.717) is 0 Å². The van der Waals surface area contributed by atoms with Gasteiger partial charge in [0.2, 0.25) is 0 Å². The third-order valence-corrected chi connectivity index (χ3v) is 8.22. The van der Waals surface area contributed by atoms with Crippen LogP contribution in [0.5, 0.6) is 0 Å². The molecule has 0 atom stereocenters. The highest BCUT2D eigenvalue weighted by molar-refractivity contribution is 14.1. The van der Waals surface area contributed by atoms with Crippen molar-refractivity contribution in [2.24, 2.45) is 4.99 Å². The van der Waals surface area contributed by atoms with Crippen molar-refractivity contribution >= 4 is 77.2 Å². The summed E-state index contributed by atoms with van der Waals surface area (Å²) in [7, 11) is 0. The third kappa shape index (κ3) is 14.3. The normalized spacial score (nSPS) is 10.6. The average Bonchev–Trinajstić information content (AvgIpc) is 3.00. The first-order valence-electron chi connectivity index (χ1n) is 13.5. The molecule has 4 rings (SSSR count). The summed E-state index contributed by atoms with van der Waals surface area (Å²) in [5.74, 6) is 0. The number of nitrogens with zero attached hydrogens (tertiary/aromatic N) is 1. The van der Waals surface area contributed by atoms with Gasteiger partial charge in [-0.05, 0) is 89.6 Å². The van der Waals surface area contributed by atoms with Gasteiger partial charge < -0.3 is 0 Å². The van der Waals surface area contributed by atoms with Crippen LogP contribution in [0.25, 0.3) is 0 Å². The van der Waals surface area contributed by atoms with Gasteiger partial charge in [-0.1, -0.05) is 164 Å². The predicted molar refractivity (Wildman–Crippen MR) is 195 cm³/mol. The first kappa shape index (κ1) is 34.5. The minimum atomic E-state index is 0.752. The SMILES string of the molecule is CC(CCc1ccccc1)=NCc1ccccc1Br.CI.S=C(CCc1ccccc1)CCc1ccccc1Br. The molecule has 0 saturated heterocycles. The number of thiocarbonyl (C=S) groups is 1. The molecule has 0 amide bonds. The Morgan fingerprint density at radius 3 is 1.55 bits per heavy atom. The van der Waals surface area contributed by atoms with E-state index in [9.17, 15) is 0 Å². The van der Waals surface area contributed by atoms with Crippen LogP contribution in [0.3, 0.4) is 0 Å². The summed E-state index contributed by atoms with van der Waals surface area (Å²) >= 11 is 14.8. The van der Waals surface area contributed by atoms with Crippen molar-refractivity contribution < 1.29 is 0 Å². The zero-order valence-corrected chi connectivity index (χ0v) is 29.5. The van der Waals surface area contributed by atoms with Crippen molar-refractivity contribution in [1.82, 2.24) is 0 Å². The van der Waals surface area contributed by atoms with Crippen molar-refractivity contribution in [3.8, 4) is 0 Å². The number of halogens is 3. The molecule has 0 saturated carbocycles. The van der Waals surface area contributed by atoms with E-state index in [2.05, 4.69) is 163 Å². The summed E-state index contributed by atoms with van der Waals surface area (Å²) in [6.45, 7) is 2.86. The summed E-state index contributed by atoms with van der Waals surface area (Å²) in [4.78, 5) is 7.79. The molecule has 0 bridgehead atoms. The Balaban J connectivity index is 0.000000264. The zero-order chi connectivity index (χ0) is 29.0. The Hall–Kier alpha value is -1.67. The molecule has 0 spiro atoms. The summed E-state index contributed by atoms with van der Waals surface area (Å²) in [6, 6.07) is 37.7. The van der Waals surface area contributed by atoms with Gasteiger partial charge in [0.25, 0.3) is 0 Å². The molecule has 4 aromatic rings. The Labute approximate surface area is 277 Å². The third-order valence-electron chi connectivity index (χ3n) is 6.26. The van der Waals surface area contributed by atoms with Crippen molar-refractivity contribution in [2.45, 2.75) is 52.0 Å². The first-order valence-corrected chi connectivity index (χ1v) is 17.6. The summed E-state index contributed by atoms with van der Waals surface area (Å²) in [5, 5.41) is 0. The van der Waals surface area contributed by atoms with E-state index < -0.39 is 0 Å². The topological polar surface area (TPSA) is 12.4 Å². The van der Waals surface area contributed by atoms with E-state index >= 15 is 0 Å². The van der Waals surface area contributed by atoms with E-state index in [1.165, 1.54) is 37.3 Å². The van der Waals surface area contributed by atoms with E-state index in [1.807, 2.05) is 17.1 Å². The molecule has 0 aliphatic carbocycles. The van der Waals surface area contributed by atoms with Crippen molar-refractivity contribution in [1.29, 1.82) is 0 Å². The number of alkyl halides is 1. The van der Waals surface area contributed by atoms with Gasteiger partial charge in [0.15, 0.2) is 0 Å². The van der Waals surface area contributed by atoms with Gasteiger partial charge in [-0.15, -0.1) is 0 Å². The monoisotopic (exact) mass is 789 g/mol. The van der Waals surface area contributed by atoms with Crippen LogP contribution in [0.1, 0.15) is 48.4 Å². The number of aryl methyl sites for hydroxylation is 3. The maximum Gasteiger partial charge on any atom is 0.0649 e. The van der Waals surface area contributed by atoms with E-state index in [0.717, 1.165) is 49.5 Å². The molecule has 0 fully saturated rings. The molecule has 0 radical (unpaired) electrons. The second-order valence-corrected chi connectivity index (χ2v) is 11.5. The van der Waals surface area contributed by atoms with Crippen LogP contribution in [0.2, 0.25) is 0 Å². The number of hydrogen-bond donors (Lipinski definition) is 0. The average molecular weight is 791 g/mol. The first-order chi connectivity index (χ1) is 19.5. The van der Waals surface area contributed by atoms with Gasteiger partial charge in [0.1, 0.15) is 0 Å². The molecular formula is C35H38Br2INS. The standard InChI is InChI=1S/C17H18BrN.C17H17BrS.CH3I/c1-14(11-12-15-7-3-2-4-8-15)19-13-16-9-5-6-10-17(16)18;18-17-9-5-4-8-15(17)11-13-16(19)12-10-14-6-2-1-3-7-14;1-2/h2-10H,11-13H2,1H3;1-9H,10-13H2;1H3. The number of aliphatic imine (C=N–C) groups is 1. The van der Waals surface area contributed by atoms with Crippen molar-refractivity contribution in [3.05, 3.63) is 140 Å². The molecule has 5 heteroatoms. The molecule has 4 aromatic carbocycles. The predicted octanol–water partition coefficient (Wildman–Crippen LogP) is 11.5. The van der Waals surface area contributed by atoms with Crippen LogP contribution in [-0.2, 0) is 25.8 Å². The maximum atomic E-state index is 5.48. The van der Waals surface area contributed by atoms with Crippen LogP contribution in [0.15, 0.2) is 123 Å². The minimum Gasteiger partial charge on any atom is -0.290 e. The van der Waals surface area contributed by atoms with Crippen molar-refractivity contribution in [2.75, 3.05) is 4.93 Å². The van der Waals surface area contributed by atoms with Crippen molar-refractivity contribution in [3.63, 3.8) is 0 Å². The highest BCUT2D eigenvalue weighted by atomic mass is 127. The van der Waals surface area contributed by atoms with E-state index in [1.54, 1.807) is 0 Å². The molecular weight excluding hydrogens is 753 g/mol. The van der Waals surface area contributed by atoms with E-state index in [-0.39, 0.29) is 0 Å². The lowest BCUT2D eigenvalue weighted by molar-refractivity contribution is 0.972. The van der Waals surface area contributed by atoms with Gasteiger partial charge in [-0.25, -0.2) is 0 Å². The lowest BCUT2D eigenvalue weighted by atomic mass is 10.0. The zero-order valence-electron chi connectivity index (χ0n) is 23.3. The molecule has 0 aromatic heterocycles. The fourth-order valence-corrected chi connectivity index (χ4v) is 5.02. The van der Waals surface area contributed by atoms with E-state index in [4.69, 9.17) is 12.2 Å². The molecule has 210 valence electrons. The van der Waals surface area contributed by atoms with Crippen LogP contribution < -0.4 is 0 Å². The van der Waals surface area contributed by atoms with Gasteiger partial charge in [0, 0.05) is 14.7 Å². The van der Waals surface area contributed by atoms with Crippen LogP contribution >= 0.6 is 66.7 Å². The number of benzene rings is 4. The molecule has 40 heavy (non-hydrogen) atoms. The molecule has 0 aliphatic rings. The fourth-order valence-electron chi connectivity index (χ4n) is 3.92.